The van der Waals surface area contributed by atoms with E-state index in [9.17, 15) is 0 Å². The number of aryl methyl sites for hydroxylation is 1. The van der Waals surface area contributed by atoms with Crippen LogP contribution in [0.5, 0.6) is 0 Å². The van der Waals surface area contributed by atoms with Crippen molar-refractivity contribution >= 4 is 0 Å². The Kier molecular flexibility index (Phi) is 2.51. The molecule has 0 aliphatic heterocycles. The first-order chi connectivity index (χ1) is 8.78. The average Bonchev–Trinajstić information content (AvgIpc) is 2.73. The SMILES string of the molecule is Cc1cc(CNC2C3CC4CC(C3)CC2C4)on1. The summed E-state index contributed by atoms with van der Waals surface area (Å²) in [5.74, 6) is 4.97. The summed E-state index contributed by atoms with van der Waals surface area (Å²) in [7, 11) is 0. The first-order valence-electron chi connectivity index (χ1n) is 7.43. The molecule has 4 aliphatic carbocycles. The van der Waals surface area contributed by atoms with Crippen LogP contribution in [0.15, 0.2) is 10.6 Å². The molecule has 3 heteroatoms. The molecule has 1 heterocycles. The van der Waals surface area contributed by atoms with Crippen LogP contribution in [0.3, 0.4) is 0 Å². The maximum Gasteiger partial charge on any atom is 0.150 e. The number of nitrogens with one attached hydrogen (secondary N) is 1. The topological polar surface area (TPSA) is 38.1 Å². The lowest BCUT2D eigenvalue weighted by atomic mass is 9.54. The van der Waals surface area contributed by atoms with E-state index in [0.717, 1.165) is 47.7 Å². The average molecular weight is 246 g/mol. The molecule has 0 unspecified atom stereocenters. The lowest BCUT2D eigenvalue weighted by molar-refractivity contribution is -0.0149. The van der Waals surface area contributed by atoms with Crippen molar-refractivity contribution in [2.24, 2.45) is 23.7 Å². The van der Waals surface area contributed by atoms with Crippen molar-refractivity contribution in [2.45, 2.75) is 51.6 Å². The van der Waals surface area contributed by atoms with E-state index in [4.69, 9.17) is 4.52 Å². The second kappa shape index (κ2) is 4.09. The lowest BCUT2D eigenvalue weighted by Crippen LogP contribution is -2.54. The fourth-order valence-corrected chi connectivity index (χ4v) is 4.98. The van der Waals surface area contributed by atoms with Gasteiger partial charge >= 0.3 is 0 Å². The highest BCUT2D eigenvalue weighted by Crippen LogP contribution is 2.53. The number of hydrogen-bond donors (Lipinski definition) is 1. The maximum atomic E-state index is 5.29. The third-order valence-corrected chi connectivity index (χ3v) is 5.42. The molecule has 4 aliphatic rings. The van der Waals surface area contributed by atoms with Crippen LogP contribution in [-0.2, 0) is 6.54 Å². The van der Waals surface area contributed by atoms with E-state index in [1.54, 1.807) is 0 Å². The van der Waals surface area contributed by atoms with Gasteiger partial charge in [0.2, 0.25) is 0 Å². The molecule has 18 heavy (non-hydrogen) atoms. The van der Waals surface area contributed by atoms with Gasteiger partial charge in [0.05, 0.1) is 12.2 Å². The standard InChI is InChI=1S/C15H22N2O/c1-9-2-14(18-17-9)8-16-15-12-4-10-3-11(6-12)7-13(15)5-10/h2,10-13,15-16H,3-8H2,1H3. The molecule has 3 nitrogen and oxygen atoms in total. The highest BCUT2D eigenvalue weighted by Gasteiger charge is 2.47. The van der Waals surface area contributed by atoms with E-state index in [0.29, 0.717) is 0 Å². The Bertz CT molecular complexity index is 411. The molecule has 1 aromatic rings. The summed E-state index contributed by atoms with van der Waals surface area (Å²) < 4.78 is 5.29. The summed E-state index contributed by atoms with van der Waals surface area (Å²) in [5, 5.41) is 7.72. The summed E-state index contributed by atoms with van der Waals surface area (Å²) >= 11 is 0. The van der Waals surface area contributed by atoms with Gasteiger partial charge in [-0.1, -0.05) is 5.16 Å². The molecular formula is C15H22N2O. The van der Waals surface area contributed by atoms with Crippen molar-refractivity contribution in [2.75, 3.05) is 0 Å². The zero-order chi connectivity index (χ0) is 12.1. The van der Waals surface area contributed by atoms with Crippen molar-refractivity contribution in [3.05, 3.63) is 17.5 Å². The summed E-state index contributed by atoms with van der Waals surface area (Å²) in [6, 6.07) is 2.78. The minimum atomic E-state index is 0.739. The van der Waals surface area contributed by atoms with Crippen LogP contribution in [0.2, 0.25) is 0 Å². The maximum absolute atomic E-state index is 5.29. The summed E-state index contributed by atoms with van der Waals surface area (Å²) in [6.07, 6.45) is 7.42. The van der Waals surface area contributed by atoms with Crippen LogP contribution in [-0.4, -0.2) is 11.2 Å². The van der Waals surface area contributed by atoms with Crippen LogP contribution < -0.4 is 5.32 Å². The molecule has 0 atom stereocenters. The lowest BCUT2D eigenvalue weighted by Gasteiger charge is -2.54. The molecule has 98 valence electrons. The Morgan fingerprint density at radius 1 is 1.17 bits per heavy atom. The van der Waals surface area contributed by atoms with Crippen molar-refractivity contribution < 1.29 is 4.52 Å². The van der Waals surface area contributed by atoms with Crippen LogP contribution in [0.25, 0.3) is 0 Å². The molecule has 0 aromatic carbocycles. The van der Waals surface area contributed by atoms with E-state index >= 15 is 0 Å². The second-order valence-corrected chi connectivity index (χ2v) is 6.77. The Labute approximate surface area is 108 Å². The molecule has 0 spiro atoms. The Balaban J connectivity index is 1.43. The predicted octanol–water partition coefficient (Wildman–Crippen LogP) is 2.90. The van der Waals surface area contributed by atoms with Crippen LogP contribution >= 0.6 is 0 Å². The van der Waals surface area contributed by atoms with E-state index < -0.39 is 0 Å². The fraction of sp³-hybridized carbons (Fsp3) is 0.800. The molecule has 1 N–H and O–H groups in total. The molecule has 0 radical (unpaired) electrons. The minimum absolute atomic E-state index is 0.739. The Hall–Kier alpha value is -0.830. The van der Waals surface area contributed by atoms with E-state index in [1.807, 2.05) is 13.0 Å². The van der Waals surface area contributed by atoms with Crippen molar-refractivity contribution in [1.82, 2.24) is 10.5 Å². The molecule has 5 rings (SSSR count). The van der Waals surface area contributed by atoms with Crippen molar-refractivity contribution in [3.8, 4) is 0 Å². The van der Waals surface area contributed by atoms with Crippen molar-refractivity contribution in [1.29, 1.82) is 0 Å². The molecule has 0 amide bonds. The molecule has 4 saturated carbocycles. The third kappa shape index (κ3) is 1.80. The van der Waals surface area contributed by atoms with Crippen LogP contribution in [0.4, 0.5) is 0 Å². The third-order valence-electron chi connectivity index (χ3n) is 5.42. The number of aromatic nitrogens is 1. The molecule has 4 bridgehead atoms. The molecular weight excluding hydrogens is 224 g/mol. The van der Waals surface area contributed by atoms with Gasteiger partial charge in [0, 0.05) is 12.1 Å². The number of rotatable bonds is 3. The monoisotopic (exact) mass is 246 g/mol. The van der Waals surface area contributed by atoms with Gasteiger partial charge in [-0.05, 0) is 62.7 Å². The van der Waals surface area contributed by atoms with Gasteiger partial charge in [-0.25, -0.2) is 0 Å². The summed E-state index contributed by atoms with van der Waals surface area (Å²) in [6.45, 7) is 2.84. The zero-order valence-corrected chi connectivity index (χ0v) is 11.1. The van der Waals surface area contributed by atoms with Crippen LogP contribution in [0.1, 0.15) is 43.6 Å². The summed E-state index contributed by atoms with van der Waals surface area (Å²) in [5.41, 5.74) is 0.983. The van der Waals surface area contributed by atoms with Gasteiger partial charge in [-0.2, -0.15) is 0 Å². The van der Waals surface area contributed by atoms with E-state index in [2.05, 4.69) is 10.5 Å². The van der Waals surface area contributed by atoms with Gasteiger partial charge in [-0.3, -0.25) is 0 Å². The number of hydrogen-bond acceptors (Lipinski definition) is 3. The fourth-order valence-electron chi connectivity index (χ4n) is 4.98. The van der Waals surface area contributed by atoms with E-state index in [1.165, 1.54) is 32.1 Å². The highest BCUT2D eigenvalue weighted by atomic mass is 16.5. The first kappa shape index (κ1) is 11.0. The zero-order valence-electron chi connectivity index (χ0n) is 11.1. The second-order valence-electron chi connectivity index (χ2n) is 6.77. The van der Waals surface area contributed by atoms with Crippen LogP contribution in [0, 0.1) is 30.6 Å². The number of nitrogens with zero attached hydrogens (tertiary/aromatic N) is 1. The van der Waals surface area contributed by atoms with Gasteiger partial charge in [-0.15, -0.1) is 0 Å². The van der Waals surface area contributed by atoms with Gasteiger partial charge in [0.1, 0.15) is 0 Å². The van der Waals surface area contributed by atoms with Gasteiger partial charge in [0.15, 0.2) is 5.76 Å². The van der Waals surface area contributed by atoms with Gasteiger partial charge < -0.3 is 9.84 Å². The van der Waals surface area contributed by atoms with E-state index in [-0.39, 0.29) is 0 Å². The molecule has 4 fully saturated rings. The van der Waals surface area contributed by atoms with Crippen molar-refractivity contribution in [3.63, 3.8) is 0 Å². The first-order valence-corrected chi connectivity index (χ1v) is 7.43. The highest BCUT2D eigenvalue weighted by molar-refractivity contribution is 5.05. The van der Waals surface area contributed by atoms with Gasteiger partial charge in [0.25, 0.3) is 0 Å². The Morgan fingerprint density at radius 3 is 2.39 bits per heavy atom. The smallest absolute Gasteiger partial charge is 0.150 e. The Morgan fingerprint density at radius 2 is 1.83 bits per heavy atom. The molecule has 1 aromatic heterocycles. The summed E-state index contributed by atoms with van der Waals surface area (Å²) in [4.78, 5) is 0. The quantitative estimate of drug-likeness (QED) is 0.891. The molecule has 0 saturated heterocycles. The normalized spacial score (nSPS) is 41.5. The predicted molar refractivity (Wildman–Crippen MR) is 68.9 cm³/mol. The largest absolute Gasteiger partial charge is 0.360 e. The minimum Gasteiger partial charge on any atom is -0.360 e.